The standard InChI is InChI=1S/C32H37ClFN5O2/c1-4-17-41-23(2)20-39-31-12-11-27(36-22-40)19-30(31)37-32(39)21-38-15-13-25(14-16-38)29(35-3)8-6-5-7-24-9-10-26(33)18-28(24)34/h5-6,8-13,18-19,22-23H,3-4,7,14-17,20-21H2,1-2H3,(H,36,40)/b6-5-,29-8-. The fourth-order valence-corrected chi connectivity index (χ4v) is 5.04. The van der Waals surface area contributed by atoms with Gasteiger partial charge in [-0.15, -0.1) is 0 Å². The summed E-state index contributed by atoms with van der Waals surface area (Å²) in [6.45, 7) is 11.6. The highest BCUT2D eigenvalue weighted by Gasteiger charge is 2.19. The average molecular weight is 578 g/mol. The van der Waals surface area contributed by atoms with Crippen LogP contribution in [0.25, 0.3) is 11.0 Å². The lowest BCUT2D eigenvalue weighted by molar-refractivity contribution is -0.105. The molecule has 1 amide bonds. The molecule has 216 valence electrons. The number of aliphatic imine (C=N–C) groups is 1. The Balaban J connectivity index is 1.45. The molecule has 1 N–H and O–H groups in total. The summed E-state index contributed by atoms with van der Waals surface area (Å²) < 4.78 is 22.2. The third kappa shape index (κ3) is 8.22. The molecule has 7 nitrogen and oxygen atoms in total. The van der Waals surface area contributed by atoms with Crippen molar-refractivity contribution in [2.24, 2.45) is 4.99 Å². The third-order valence-corrected chi connectivity index (χ3v) is 7.23. The van der Waals surface area contributed by atoms with Crippen LogP contribution in [0.3, 0.4) is 0 Å². The van der Waals surface area contributed by atoms with Crippen LogP contribution < -0.4 is 5.32 Å². The second-order valence-corrected chi connectivity index (χ2v) is 10.5. The number of halogens is 2. The van der Waals surface area contributed by atoms with Gasteiger partial charge < -0.3 is 14.6 Å². The maximum atomic E-state index is 14.0. The Bertz CT molecular complexity index is 1460. The molecule has 1 atom stereocenters. The highest BCUT2D eigenvalue weighted by atomic mass is 35.5. The molecule has 4 rings (SSSR count). The molecule has 2 heterocycles. The van der Waals surface area contributed by atoms with Gasteiger partial charge in [0.2, 0.25) is 6.41 Å². The number of nitrogens with zero attached hydrogens (tertiary/aromatic N) is 4. The van der Waals surface area contributed by atoms with Crippen molar-refractivity contribution in [1.82, 2.24) is 14.5 Å². The zero-order valence-electron chi connectivity index (χ0n) is 23.7. The molecule has 0 saturated carbocycles. The molecule has 9 heteroatoms. The van der Waals surface area contributed by atoms with E-state index in [1.165, 1.54) is 6.07 Å². The number of fused-ring (bicyclic) bond motifs is 1. The van der Waals surface area contributed by atoms with Crippen LogP contribution in [0.5, 0.6) is 0 Å². The number of benzene rings is 2. The number of aromatic nitrogens is 2. The maximum Gasteiger partial charge on any atom is 0.211 e. The normalized spacial score (nSPS) is 15.3. The van der Waals surface area contributed by atoms with E-state index in [9.17, 15) is 9.18 Å². The Kier molecular flexibility index (Phi) is 11.0. The molecule has 1 aliphatic rings. The van der Waals surface area contributed by atoms with Crippen molar-refractivity contribution in [2.45, 2.75) is 52.3 Å². The van der Waals surface area contributed by atoms with Crippen molar-refractivity contribution in [3.8, 4) is 0 Å². The molecule has 3 aromatic rings. The van der Waals surface area contributed by atoms with Crippen molar-refractivity contribution in [2.75, 3.05) is 25.0 Å². The summed E-state index contributed by atoms with van der Waals surface area (Å²) >= 11 is 5.84. The van der Waals surface area contributed by atoms with Gasteiger partial charge in [-0.1, -0.05) is 42.8 Å². The number of imidazole rings is 1. The maximum absolute atomic E-state index is 14.0. The number of nitrogens with one attached hydrogen (secondary N) is 1. The van der Waals surface area contributed by atoms with Gasteiger partial charge in [-0.3, -0.25) is 14.7 Å². The molecule has 0 radical (unpaired) electrons. The van der Waals surface area contributed by atoms with Crippen LogP contribution in [-0.2, 0) is 29.0 Å². The van der Waals surface area contributed by atoms with Crippen molar-refractivity contribution in [3.05, 3.63) is 94.2 Å². The van der Waals surface area contributed by atoms with Crippen molar-refractivity contribution in [1.29, 1.82) is 0 Å². The Labute approximate surface area is 246 Å². The van der Waals surface area contributed by atoms with Gasteiger partial charge in [-0.05, 0) is 80.4 Å². The topological polar surface area (TPSA) is 71.8 Å². The number of allylic oxidation sites excluding steroid dienone is 4. The zero-order chi connectivity index (χ0) is 29.2. The SMILES string of the molecule is C=N/C(=C\C=C/Cc1ccc(Cl)cc1F)C1=CCN(Cc2nc3cc(NC=O)ccc3n2CC(C)OCCC)CC1. The molecule has 0 fully saturated rings. The highest BCUT2D eigenvalue weighted by molar-refractivity contribution is 6.30. The van der Waals surface area contributed by atoms with Gasteiger partial charge in [0, 0.05) is 30.4 Å². The van der Waals surface area contributed by atoms with Gasteiger partial charge in [0.1, 0.15) is 11.6 Å². The summed E-state index contributed by atoms with van der Waals surface area (Å²) in [7, 11) is 0. The van der Waals surface area contributed by atoms with E-state index in [2.05, 4.69) is 46.4 Å². The van der Waals surface area contributed by atoms with E-state index in [1.807, 2.05) is 36.4 Å². The van der Waals surface area contributed by atoms with Crippen LogP contribution in [-0.4, -0.2) is 53.4 Å². The van der Waals surface area contributed by atoms with E-state index in [4.69, 9.17) is 21.3 Å². The lowest BCUT2D eigenvalue weighted by atomic mass is 10.0. The number of hydrogen-bond donors (Lipinski definition) is 1. The lowest BCUT2D eigenvalue weighted by Crippen LogP contribution is -2.30. The number of amides is 1. The summed E-state index contributed by atoms with van der Waals surface area (Å²) in [6.07, 6.45) is 10.9. The van der Waals surface area contributed by atoms with Crippen LogP contribution in [0.1, 0.15) is 38.1 Å². The summed E-state index contributed by atoms with van der Waals surface area (Å²) in [5, 5.41) is 3.10. The Hall–Kier alpha value is -3.59. The first-order chi connectivity index (χ1) is 19.9. The molecule has 41 heavy (non-hydrogen) atoms. The summed E-state index contributed by atoms with van der Waals surface area (Å²) in [5.41, 5.74) is 5.12. The minimum absolute atomic E-state index is 0.0438. The van der Waals surface area contributed by atoms with E-state index >= 15 is 0 Å². The number of rotatable bonds is 14. The molecular weight excluding hydrogens is 541 g/mol. The lowest BCUT2D eigenvalue weighted by Gasteiger charge is -2.26. The monoisotopic (exact) mass is 577 g/mol. The number of anilines is 1. The fraction of sp³-hybridized carbons (Fsp3) is 0.344. The minimum atomic E-state index is -0.308. The minimum Gasteiger partial charge on any atom is -0.377 e. The van der Waals surface area contributed by atoms with Crippen LogP contribution in [0, 0.1) is 5.82 Å². The first-order valence-electron chi connectivity index (χ1n) is 13.9. The number of carbonyl (C=O) groups excluding carboxylic acids is 1. The molecule has 0 spiro atoms. The number of carbonyl (C=O) groups is 1. The van der Waals surface area contributed by atoms with E-state index in [0.717, 1.165) is 60.7 Å². The van der Waals surface area contributed by atoms with Crippen LogP contribution >= 0.6 is 11.6 Å². The largest absolute Gasteiger partial charge is 0.377 e. The summed E-state index contributed by atoms with van der Waals surface area (Å²) in [4.78, 5) is 22.5. The molecule has 2 aromatic carbocycles. The first-order valence-corrected chi connectivity index (χ1v) is 14.3. The van der Waals surface area contributed by atoms with Gasteiger partial charge in [0.15, 0.2) is 0 Å². The Morgan fingerprint density at radius 3 is 2.88 bits per heavy atom. The fourth-order valence-electron chi connectivity index (χ4n) is 4.88. The Morgan fingerprint density at radius 2 is 2.17 bits per heavy atom. The van der Waals surface area contributed by atoms with E-state index < -0.39 is 0 Å². The molecule has 0 aliphatic carbocycles. The quantitative estimate of drug-likeness (QED) is 0.131. The average Bonchev–Trinajstić information content (AvgIpc) is 3.29. The van der Waals surface area contributed by atoms with Gasteiger partial charge >= 0.3 is 0 Å². The molecule has 1 aliphatic heterocycles. The predicted octanol–water partition coefficient (Wildman–Crippen LogP) is 6.73. The van der Waals surface area contributed by atoms with E-state index in [0.29, 0.717) is 42.2 Å². The second-order valence-electron chi connectivity index (χ2n) is 10.1. The molecule has 0 saturated heterocycles. The van der Waals surface area contributed by atoms with Crippen LogP contribution in [0.4, 0.5) is 10.1 Å². The first kappa shape index (κ1) is 30.4. The van der Waals surface area contributed by atoms with Crippen LogP contribution in [0.2, 0.25) is 5.02 Å². The van der Waals surface area contributed by atoms with Gasteiger partial charge in [-0.25, -0.2) is 9.37 Å². The van der Waals surface area contributed by atoms with Crippen molar-refractivity contribution in [3.63, 3.8) is 0 Å². The van der Waals surface area contributed by atoms with Crippen molar-refractivity contribution < 1.29 is 13.9 Å². The predicted molar refractivity (Wildman–Crippen MR) is 165 cm³/mol. The zero-order valence-corrected chi connectivity index (χ0v) is 24.4. The second kappa shape index (κ2) is 14.9. The summed E-state index contributed by atoms with van der Waals surface area (Å²) in [5.74, 6) is 0.653. The van der Waals surface area contributed by atoms with Crippen molar-refractivity contribution >= 4 is 41.4 Å². The molecule has 1 unspecified atom stereocenters. The summed E-state index contributed by atoms with van der Waals surface area (Å²) in [6, 6.07) is 10.5. The molecular formula is C32H37ClFN5O2. The smallest absolute Gasteiger partial charge is 0.211 e. The van der Waals surface area contributed by atoms with Gasteiger partial charge in [0.25, 0.3) is 0 Å². The molecule has 0 bridgehead atoms. The van der Waals surface area contributed by atoms with Gasteiger partial charge in [0.05, 0.1) is 35.9 Å². The van der Waals surface area contributed by atoms with Crippen LogP contribution in [0.15, 0.2) is 77.0 Å². The molecule has 1 aromatic heterocycles. The number of ether oxygens (including phenoxy) is 1. The number of hydrogen-bond acceptors (Lipinski definition) is 5. The third-order valence-electron chi connectivity index (χ3n) is 7.00. The van der Waals surface area contributed by atoms with E-state index in [1.54, 1.807) is 12.1 Å². The highest BCUT2D eigenvalue weighted by Crippen LogP contribution is 2.25. The van der Waals surface area contributed by atoms with E-state index in [-0.39, 0.29) is 11.9 Å². The van der Waals surface area contributed by atoms with Gasteiger partial charge in [-0.2, -0.15) is 0 Å². The Morgan fingerprint density at radius 1 is 1.32 bits per heavy atom.